The number of methoxy groups -OCH3 is 1. The Kier molecular flexibility index (Phi) is 7.69. The molecule has 2 fully saturated rings. The van der Waals surface area contributed by atoms with Crippen molar-refractivity contribution in [3.63, 3.8) is 0 Å². The normalized spacial score (nSPS) is 20.4. The molecular weight excluding hydrogens is 557 g/mol. The lowest BCUT2D eigenvalue weighted by atomic mass is 10.1. The summed E-state index contributed by atoms with van der Waals surface area (Å²) in [5.74, 6) is -0.209. The number of benzene rings is 2. The number of nitrogens with one attached hydrogen (secondary N) is 2. The first kappa shape index (κ1) is 28.5. The molecule has 0 saturated carbocycles. The minimum absolute atomic E-state index is 0.129. The van der Waals surface area contributed by atoms with E-state index < -0.39 is 24.1 Å². The minimum atomic E-state index is -1.14. The van der Waals surface area contributed by atoms with Crippen molar-refractivity contribution >= 4 is 29.0 Å². The zero-order valence-corrected chi connectivity index (χ0v) is 23.7. The van der Waals surface area contributed by atoms with Crippen molar-refractivity contribution in [2.75, 3.05) is 45.2 Å². The number of imidazole rings is 1. The van der Waals surface area contributed by atoms with Crippen molar-refractivity contribution in [1.82, 2.24) is 29.5 Å². The molecule has 0 unspecified atom stereocenters. The number of nitrogens with zero attached hydrogens (tertiary/aromatic N) is 5. The lowest BCUT2D eigenvalue weighted by Gasteiger charge is -2.36. The molecule has 2 aromatic carbocycles. The average Bonchev–Trinajstić information content (AvgIpc) is 3.60. The van der Waals surface area contributed by atoms with Gasteiger partial charge < -0.3 is 35.4 Å². The number of hydrogen-bond acceptors (Lipinski definition) is 9. The number of anilines is 2. The molecule has 2 amide bonds. The molecule has 224 valence electrons. The van der Waals surface area contributed by atoms with E-state index in [-0.39, 0.29) is 24.1 Å². The van der Waals surface area contributed by atoms with Gasteiger partial charge in [-0.05, 0) is 48.9 Å². The van der Waals surface area contributed by atoms with Crippen molar-refractivity contribution in [3.8, 4) is 17.0 Å². The number of amides is 2. The minimum Gasteiger partial charge on any atom is -0.494 e. The number of piperazine rings is 1. The maximum atomic E-state index is 14.3. The van der Waals surface area contributed by atoms with Crippen LogP contribution in [0, 0.1) is 12.7 Å². The summed E-state index contributed by atoms with van der Waals surface area (Å²) in [5.41, 5.74) is 3.92. The highest BCUT2D eigenvalue weighted by atomic mass is 19.1. The third-order valence-electron chi connectivity index (χ3n) is 8.02. The van der Waals surface area contributed by atoms with Crippen LogP contribution >= 0.6 is 0 Å². The highest BCUT2D eigenvalue weighted by Crippen LogP contribution is 2.29. The number of aryl methyl sites for hydroxylation is 1. The summed E-state index contributed by atoms with van der Waals surface area (Å²) in [6.07, 6.45) is 2.92. The van der Waals surface area contributed by atoms with Gasteiger partial charge in [0, 0.05) is 61.9 Å². The van der Waals surface area contributed by atoms with Gasteiger partial charge in [-0.25, -0.2) is 14.4 Å². The first-order valence-corrected chi connectivity index (χ1v) is 14.0. The van der Waals surface area contributed by atoms with E-state index in [0.717, 1.165) is 11.3 Å². The highest BCUT2D eigenvalue weighted by molar-refractivity contribution is 5.96. The van der Waals surface area contributed by atoms with E-state index in [9.17, 15) is 24.2 Å². The molecule has 2 saturated heterocycles. The highest BCUT2D eigenvalue weighted by Gasteiger charge is 2.40. The number of carbonyl (C=O) groups is 2. The topological polar surface area (TPSA) is 145 Å². The molecular formula is C30H32FN7O5. The molecule has 4 aromatic rings. The Morgan fingerprint density at radius 3 is 2.51 bits per heavy atom. The summed E-state index contributed by atoms with van der Waals surface area (Å²) < 4.78 is 21.2. The van der Waals surface area contributed by atoms with Gasteiger partial charge in [0.15, 0.2) is 23.0 Å². The van der Waals surface area contributed by atoms with Crippen LogP contribution in [0.3, 0.4) is 0 Å². The molecule has 0 bridgehead atoms. The number of ether oxygens (including phenoxy) is 1. The third kappa shape index (κ3) is 5.38. The number of hydrogen-bond donors (Lipinski definition) is 4. The van der Waals surface area contributed by atoms with Crippen molar-refractivity contribution in [2.24, 2.45) is 0 Å². The molecule has 0 radical (unpaired) electrons. The summed E-state index contributed by atoms with van der Waals surface area (Å²) in [6, 6.07) is 9.31. The smallest absolute Gasteiger partial charge is 0.254 e. The number of aliphatic hydroxyl groups is 2. The van der Waals surface area contributed by atoms with Crippen molar-refractivity contribution in [2.45, 2.75) is 25.2 Å². The van der Waals surface area contributed by atoms with Gasteiger partial charge in [0.1, 0.15) is 12.1 Å². The van der Waals surface area contributed by atoms with Gasteiger partial charge in [-0.2, -0.15) is 0 Å². The molecule has 0 spiro atoms. The van der Waals surface area contributed by atoms with Crippen molar-refractivity contribution in [3.05, 3.63) is 71.9 Å². The predicted octanol–water partition coefficient (Wildman–Crippen LogP) is 1.57. The fourth-order valence-corrected chi connectivity index (χ4v) is 5.61. The number of carbonyl (C=O) groups excluding carboxylic acids is 2. The summed E-state index contributed by atoms with van der Waals surface area (Å²) in [7, 11) is 1.42. The summed E-state index contributed by atoms with van der Waals surface area (Å²) >= 11 is 0. The molecule has 43 heavy (non-hydrogen) atoms. The monoisotopic (exact) mass is 589 g/mol. The van der Waals surface area contributed by atoms with Crippen LogP contribution in [0.1, 0.15) is 15.9 Å². The van der Waals surface area contributed by atoms with Gasteiger partial charge in [-0.1, -0.05) is 0 Å². The number of rotatable bonds is 6. The van der Waals surface area contributed by atoms with E-state index in [1.165, 1.54) is 13.2 Å². The van der Waals surface area contributed by atoms with Crippen LogP contribution in [-0.4, -0.2) is 104 Å². The van der Waals surface area contributed by atoms with Gasteiger partial charge in [0.25, 0.3) is 5.91 Å². The third-order valence-corrected chi connectivity index (χ3v) is 8.02. The second kappa shape index (κ2) is 11.6. The fraction of sp³-hybridized carbons (Fsp3) is 0.333. The predicted molar refractivity (Wildman–Crippen MR) is 156 cm³/mol. The molecule has 0 aliphatic carbocycles. The van der Waals surface area contributed by atoms with Crippen LogP contribution < -0.4 is 15.4 Å². The molecule has 2 aliphatic heterocycles. The number of aromatic nitrogens is 3. The van der Waals surface area contributed by atoms with Crippen LogP contribution in [0.5, 0.6) is 5.75 Å². The molecule has 2 aromatic heterocycles. The lowest BCUT2D eigenvalue weighted by molar-refractivity contribution is -0.137. The molecule has 4 N–H and O–H groups in total. The molecule has 3 atom stereocenters. The zero-order chi connectivity index (χ0) is 30.2. The van der Waals surface area contributed by atoms with Crippen LogP contribution in [0.2, 0.25) is 0 Å². The van der Waals surface area contributed by atoms with Gasteiger partial charge in [-0.15, -0.1) is 0 Å². The van der Waals surface area contributed by atoms with Crippen LogP contribution in [0.15, 0.2) is 55.0 Å². The van der Waals surface area contributed by atoms with E-state index in [0.29, 0.717) is 54.5 Å². The first-order valence-electron chi connectivity index (χ1n) is 14.0. The summed E-state index contributed by atoms with van der Waals surface area (Å²) in [5, 5.41) is 25.9. The van der Waals surface area contributed by atoms with Crippen LogP contribution in [-0.2, 0) is 4.79 Å². The Morgan fingerprint density at radius 2 is 1.84 bits per heavy atom. The van der Waals surface area contributed by atoms with Crippen LogP contribution in [0.4, 0.5) is 15.9 Å². The fourth-order valence-electron chi connectivity index (χ4n) is 5.61. The van der Waals surface area contributed by atoms with E-state index in [4.69, 9.17) is 4.74 Å². The molecule has 6 rings (SSSR count). The Hall–Kier alpha value is -4.59. The number of fused-ring (bicyclic) bond motifs is 1. The SMILES string of the molecule is COc1ccc(-c2cnc3c(Nc4ccc(C(=O)N5CCN(C(=O)[C@H]6NC[C@H](O)[C@@H]6O)CC5)c(C)c4)nccn23)cc1F. The number of halogens is 1. The lowest BCUT2D eigenvalue weighted by Crippen LogP contribution is -2.56. The number of aliphatic hydroxyl groups excluding tert-OH is 2. The van der Waals surface area contributed by atoms with Gasteiger partial charge in [0.05, 0.1) is 25.1 Å². The Bertz CT molecular complexity index is 1690. The maximum absolute atomic E-state index is 14.3. The molecule has 2 aliphatic rings. The Balaban J connectivity index is 1.13. The largest absolute Gasteiger partial charge is 0.494 e. The quantitative estimate of drug-likeness (QED) is 0.263. The standard InChI is InChI=1S/C30H32FN7O5/c1-17-13-19(35-27-28-34-15-22(38(28)8-7-32-27)18-3-6-24(43-2)21(31)14-18)4-5-20(17)29(41)36-9-11-37(12-10-36)30(42)25-26(40)23(39)16-33-25/h3-8,13-15,23,25-26,33,39-40H,9-12,16H2,1-2H3,(H,32,35)/t23-,25-,26-/m0/s1. The number of β-amino-alcohol motifs (C(OH)–C–C–N with tert-alkyl or cyclic N) is 1. The van der Waals surface area contributed by atoms with E-state index >= 15 is 0 Å². The van der Waals surface area contributed by atoms with Gasteiger partial charge >= 0.3 is 0 Å². The zero-order valence-electron chi connectivity index (χ0n) is 23.7. The van der Waals surface area contributed by atoms with Crippen molar-refractivity contribution < 1.29 is 28.9 Å². The average molecular weight is 590 g/mol. The van der Waals surface area contributed by atoms with E-state index in [2.05, 4.69) is 20.6 Å². The Labute approximate surface area is 246 Å². The second-order valence-corrected chi connectivity index (χ2v) is 10.7. The molecule has 4 heterocycles. The summed E-state index contributed by atoms with van der Waals surface area (Å²) in [6.45, 7) is 3.43. The van der Waals surface area contributed by atoms with Gasteiger partial charge in [0.2, 0.25) is 5.91 Å². The van der Waals surface area contributed by atoms with E-state index in [1.807, 2.05) is 17.4 Å². The molecule has 12 nitrogen and oxygen atoms in total. The second-order valence-electron chi connectivity index (χ2n) is 10.7. The Morgan fingerprint density at radius 1 is 1.07 bits per heavy atom. The maximum Gasteiger partial charge on any atom is 0.254 e. The van der Waals surface area contributed by atoms with E-state index in [1.54, 1.807) is 52.7 Å². The van der Waals surface area contributed by atoms with Crippen LogP contribution in [0.25, 0.3) is 16.9 Å². The molecule has 13 heteroatoms. The summed E-state index contributed by atoms with van der Waals surface area (Å²) in [4.78, 5) is 38.4. The van der Waals surface area contributed by atoms with Crippen molar-refractivity contribution in [1.29, 1.82) is 0 Å². The first-order chi connectivity index (χ1) is 20.7. The van der Waals surface area contributed by atoms with Gasteiger partial charge in [-0.3, -0.25) is 14.0 Å².